The van der Waals surface area contributed by atoms with Crippen molar-refractivity contribution in [3.8, 4) is 45.5 Å². The van der Waals surface area contributed by atoms with Crippen molar-refractivity contribution in [2.45, 2.75) is 12.1 Å². The zero-order chi connectivity index (χ0) is 52.4. The van der Waals surface area contributed by atoms with E-state index in [0.29, 0.717) is 34.0 Å². The largest absolute Gasteiger partial charge is 0.486 e. The lowest BCUT2D eigenvalue weighted by atomic mass is 10.0. The molecule has 2 aromatic carbocycles. The Morgan fingerprint density at radius 2 is 1.04 bits per heavy atom. The van der Waals surface area contributed by atoms with Crippen LogP contribution in [0.4, 0.5) is 64.3 Å². The molecule has 0 amide bonds. The third kappa shape index (κ3) is 10.7. The maximum absolute atomic E-state index is 15.0. The van der Waals surface area contributed by atoms with Gasteiger partial charge in [0.05, 0.1) is 62.2 Å². The summed E-state index contributed by atoms with van der Waals surface area (Å²) in [5.41, 5.74) is 8.06. The summed E-state index contributed by atoms with van der Waals surface area (Å²) >= 11 is 5.73. The number of benzene rings is 2. The molecule has 2 atom stereocenters. The van der Waals surface area contributed by atoms with Crippen molar-refractivity contribution in [3.63, 3.8) is 0 Å². The lowest BCUT2D eigenvalue weighted by Gasteiger charge is -2.35. The highest BCUT2D eigenvalue weighted by Crippen LogP contribution is 2.40. The van der Waals surface area contributed by atoms with Crippen molar-refractivity contribution in [3.05, 3.63) is 137 Å². The van der Waals surface area contributed by atoms with E-state index in [9.17, 15) is 35.1 Å². The first-order valence-corrected chi connectivity index (χ1v) is 21.6. The molecule has 6 aromatic heterocycles. The van der Waals surface area contributed by atoms with Gasteiger partial charge in [0.15, 0.2) is 81.3 Å². The van der Waals surface area contributed by atoms with Gasteiger partial charge in [-0.1, -0.05) is 0 Å². The second-order valence-corrected chi connectivity index (χ2v) is 16.2. The summed E-state index contributed by atoms with van der Waals surface area (Å²) in [6.07, 6.45) is 9.41. The van der Waals surface area contributed by atoms with Crippen molar-refractivity contribution in [1.29, 1.82) is 0 Å². The Hall–Kier alpha value is -8.55. The molecule has 0 spiro atoms. The molecule has 2 aliphatic rings. The summed E-state index contributed by atoms with van der Waals surface area (Å²) < 4.78 is 134. The Morgan fingerprint density at radius 1 is 0.589 bits per heavy atom. The number of fused-ring (bicyclic) bond motifs is 2. The van der Waals surface area contributed by atoms with Gasteiger partial charge in [0.2, 0.25) is 23.0 Å². The molecule has 2 aliphatic heterocycles. The number of nitrogens with two attached hydrogens (primary N) is 1. The van der Waals surface area contributed by atoms with Gasteiger partial charge < -0.3 is 39.8 Å². The molecule has 18 nitrogen and oxygen atoms in total. The standard InChI is InChI=1S/C23H19F4N7O2.C13H9ClF3N3O.C10H11FN4O/c1-33-9-12(7-29-33)13-6-16(26)20(30-22(13)35-3)31-23-28-8-18-21(32-23)34(2)17(10-36-18)11-4-14(24)19(27)15(25)5-11;1-20-9(6-2-7(15)11(17)8(16)3-6)5-21-10-4-18-13(14)19-12(10)20;1-15-5-6(4-13-15)7-3-8(11)9(12)14-10(7)16-2/h4-9,17H,10H2,1-3H3,(H,28,30,31,32);2-4,9H,5H2,1H3;3-5H,1-2H3,(H2,12,14). The number of ether oxygens (including phenoxy) is 4. The Bertz CT molecular complexity index is 3310. The number of aromatic nitrogens is 10. The maximum Gasteiger partial charge on any atom is 0.230 e. The molecular formula is C46H39ClF8N14O4. The molecule has 10 rings (SSSR count). The van der Waals surface area contributed by atoms with Crippen LogP contribution in [-0.2, 0) is 14.1 Å². The monoisotopic (exact) mass is 1040 g/mol. The fourth-order valence-electron chi connectivity index (χ4n) is 7.50. The summed E-state index contributed by atoms with van der Waals surface area (Å²) in [6.45, 7) is 0.145. The number of nitrogens with zero attached hydrogens (tertiary/aromatic N) is 12. The van der Waals surface area contributed by atoms with Gasteiger partial charge in [-0.05, 0) is 59.1 Å². The highest BCUT2D eigenvalue weighted by Gasteiger charge is 2.32. The van der Waals surface area contributed by atoms with Crippen LogP contribution >= 0.6 is 11.6 Å². The van der Waals surface area contributed by atoms with Gasteiger partial charge in [-0.25, -0.2) is 45.1 Å². The third-order valence-electron chi connectivity index (χ3n) is 11.2. The normalized spacial score (nSPS) is 14.6. The van der Waals surface area contributed by atoms with E-state index < -0.39 is 58.6 Å². The Kier molecular flexibility index (Phi) is 14.6. The van der Waals surface area contributed by atoms with Crippen molar-refractivity contribution in [2.75, 3.05) is 62.4 Å². The topological polar surface area (TPSA) is 194 Å². The number of anilines is 5. The number of aryl methyl sites for hydroxylation is 2. The Balaban J connectivity index is 0.000000162. The van der Waals surface area contributed by atoms with E-state index in [1.54, 1.807) is 72.1 Å². The molecule has 0 bridgehead atoms. The van der Waals surface area contributed by atoms with Crippen LogP contribution < -0.4 is 39.8 Å². The summed E-state index contributed by atoms with van der Waals surface area (Å²) in [5, 5.41) is 10.8. The molecule has 3 N–H and O–H groups in total. The van der Waals surface area contributed by atoms with Gasteiger partial charge in [0, 0.05) is 51.7 Å². The van der Waals surface area contributed by atoms with Crippen LogP contribution in [0.25, 0.3) is 22.3 Å². The Morgan fingerprint density at radius 3 is 1.51 bits per heavy atom. The van der Waals surface area contributed by atoms with Crippen LogP contribution in [0.5, 0.6) is 23.3 Å². The van der Waals surface area contributed by atoms with Gasteiger partial charge in [0.1, 0.15) is 13.2 Å². The van der Waals surface area contributed by atoms with Crippen LogP contribution in [0.15, 0.2) is 73.6 Å². The Labute approximate surface area is 414 Å². The number of hydrogen-bond donors (Lipinski definition) is 2. The van der Waals surface area contributed by atoms with Gasteiger partial charge in [-0.3, -0.25) is 9.36 Å². The van der Waals surface area contributed by atoms with Crippen molar-refractivity contribution >= 4 is 40.8 Å². The quantitative estimate of drug-likeness (QED) is 0.0835. The zero-order valence-electron chi connectivity index (χ0n) is 39.0. The number of nitrogens with one attached hydrogen (secondary N) is 1. The van der Waals surface area contributed by atoms with Crippen LogP contribution in [0.1, 0.15) is 23.2 Å². The van der Waals surface area contributed by atoms with E-state index in [-0.39, 0.29) is 64.8 Å². The molecule has 0 fully saturated rings. The van der Waals surface area contributed by atoms with Crippen LogP contribution in [0.2, 0.25) is 5.28 Å². The molecule has 0 radical (unpaired) electrons. The van der Waals surface area contributed by atoms with E-state index >= 15 is 0 Å². The number of likely N-dealkylation sites (N-methyl/N-ethyl adjacent to an activating group) is 2. The van der Waals surface area contributed by atoms with E-state index in [4.69, 9.17) is 36.3 Å². The summed E-state index contributed by atoms with van der Waals surface area (Å²) in [7, 11) is 9.68. The number of methoxy groups -OCH3 is 2. The second kappa shape index (κ2) is 21.0. The van der Waals surface area contributed by atoms with E-state index in [2.05, 4.69) is 45.4 Å². The summed E-state index contributed by atoms with van der Waals surface area (Å²) in [4.78, 5) is 27.6. The van der Waals surface area contributed by atoms with Crippen LogP contribution in [-0.4, -0.2) is 91.0 Å². The minimum Gasteiger partial charge on any atom is -0.486 e. The van der Waals surface area contributed by atoms with E-state index in [1.165, 1.54) is 38.7 Å². The lowest BCUT2D eigenvalue weighted by Crippen LogP contribution is -2.34. The average Bonchev–Trinajstić information content (AvgIpc) is 4.01. The molecular weight excluding hydrogens is 1000 g/mol. The molecule has 2 unspecified atom stereocenters. The number of nitrogen functional groups attached to an aromatic ring is 1. The predicted molar refractivity (Wildman–Crippen MR) is 249 cm³/mol. The highest BCUT2D eigenvalue weighted by atomic mass is 35.5. The predicted octanol–water partition coefficient (Wildman–Crippen LogP) is 8.48. The van der Waals surface area contributed by atoms with Crippen molar-refractivity contribution < 1.29 is 54.1 Å². The molecule has 380 valence electrons. The number of rotatable bonds is 8. The first kappa shape index (κ1) is 50.8. The first-order valence-electron chi connectivity index (χ1n) is 21.2. The van der Waals surface area contributed by atoms with E-state index in [1.807, 2.05) is 0 Å². The lowest BCUT2D eigenvalue weighted by molar-refractivity contribution is 0.264. The summed E-state index contributed by atoms with van der Waals surface area (Å²) in [6, 6.07) is 5.05. The zero-order valence-corrected chi connectivity index (χ0v) is 39.7. The molecule has 8 aromatic rings. The molecule has 0 aliphatic carbocycles. The van der Waals surface area contributed by atoms with Gasteiger partial charge in [-0.2, -0.15) is 30.1 Å². The van der Waals surface area contributed by atoms with Crippen molar-refractivity contribution in [1.82, 2.24) is 49.5 Å². The van der Waals surface area contributed by atoms with Crippen LogP contribution in [0.3, 0.4) is 0 Å². The fraction of sp³-hybridized carbons (Fsp3) is 0.217. The van der Waals surface area contributed by atoms with Gasteiger partial charge >= 0.3 is 0 Å². The molecule has 0 saturated carbocycles. The molecule has 27 heteroatoms. The molecule has 73 heavy (non-hydrogen) atoms. The number of pyridine rings is 2. The second-order valence-electron chi connectivity index (χ2n) is 15.9. The van der Waals surface area contributed by atoms with Gasteiger partial charge in [-0.15, -0.1) is 0 Å². The number of hydrogen-bond acceptors (Lipinski definition) is 16. The first-order chi connectivity index (χ1) is 34.8. The smallest absolute Gasteiger partial charge is 0.230 e. The SMILES string of the molecule is CN1c2nc(Cl)ncc2OCC1c1cc(F)c(F)c(F)c1.COc1nc(N)c(F)cc1-c1cnn(C)c1.COc1nc(Nc2ncc3c(n2)N(C)C(c2cc(F)c(F)c(F)c2)CO3)c(F)cc1-c1cnn(C)c1. The van der Waals surface area contributed by atoms with Gasteiger partial charge in [0.25, 0.3) is 0 Å². The van der Waals surface area contributed by atoms with Crippen LogP contribution in [0, 0.1) is 46.5 Å². The number of halogens is 9. The minimum atomic E-state index is -1.55. The van der Waals surface area contributed by atoms with Crippen molar-refractivity contribution in [2.24, 2.45) is 14.1 Å². The minimum absolute atomic E-state index is 0.0103. The van der Waals surface area contributed by atoms with E-state index in [0.717, 1.165) is 29.8 Å². The highest BCUT2D eigenvalue weighted by molar-refractivity contribution is 6.28. The molecule has 0 saturated heterocycles. The third-order valence-corrected chi connectivity index (χ3v) is 11.4. The average molecular weight is 1040 g/mol. The maximum atomic E-state index is 15.0. The molecule has 8 heterocycles. The fourth-order valence-corrected chi connectivity index (χ4v) is 7.63. The summed E-state index contributed by atoms with van der Waals surface area (Å²) in [5.74, 6) is -7.94.